The minimum Gasteiger partial charge on any atom is -0.325 e. The molecule has 0 aliphatic rings. The topological polar surface area (TPSA) is 84.3 Å². The molecule has 0 spiro atoms. The molecule has 0 aliphatic carbocycles. The van der Waals surface area contributed by atoms with Crippen molar-refractivity contribution in [1.29, 1.82) is 0 Å². The number of nitro benzene ring substituents is 1. The second-order valence-corrected chi connectivity index (χ2v) is 5.55. The highest BCUT2D eigenvalue weighted by molar-refractivity contribution is 7.99. The first kappa shape index (κ1) is 16.0. The van der Waals surface area contributed by atoms with E-state index in [0.29, 0.717) is 10.6 Å². The fourth-order valence-corrected chi connectivity index (χ4v) is 2.71. The molecule has 0 aliphatic heterocycles. The summed E-state index contributed by atoms with van der Waals surface area (Å²) in [7, 11) is 1.70. The van der Waals surface area contributed by atoms with Gasteiger partial charge in [0.05, 0.1) is 16.4 Å². The van der Waals surface area contributed by atoms with Gasteiger partial charge in [0.2, 0.25) is 5.91 Å². The Balaban J connectivity index is 2.09. The molecule has 6 nitrogen and oxygen atoms in total. The Bertz CT molecular complexity index is 674. The molecular weight excluding hydrogens is 302 g/mol. The van der Waals surface area contributed by atoms with Gasteiger partial charge in [0.1, 0.15) is 0 Å². The number of amides is 1. The molecule has 2 N–H and O–H groups in total. The van der Waals surface area contributed by atoms with E-state index in [1.165, 1.54) is 17.8 Å². The van der Waals surface area contributed by atoms with Crippen LogP contribution in [-0.2, 0) is 4.79 Å². The monoisotopic (exact) mass is 317 g/mol. The number of nitrogens with zero attached hydrogens (tertiary/aromatic N) is 1. The summed E-state index contributed by atoms with van der Waals surface area (Å²) < 4.78 is 0. The minimum absolute atomic E-state index is 0.0823. The summed E-state index contributed by atoms with van der Waals surface area (Å²) in [6.07, 6.45) is 0. The third-order valence-corrected chi connectivity index (χ3v) is 3.84. The molecule has 2 aromatic carbocycles. The molecular formula is C15H15N3O3S. The lowest BCUT2D eigenvalue weighted by atomic mass is 10.3. The second-order valence-electron chi connectivity index (χ2n) is 4.43. The number of nitro groups is 1. The van der Waals surface area contributed by atoms with Gasteiger partial charge in [-0.2, -0.15) is 0 Å². The lowest BCUT2D eigenvalue weighted by molar-refractivity contribution is -0.387. The van der Waals surface area contributed by atoms with Crippen LogP contribution in [0, 0.1) is 10.1 Å². The lowest BCUT2D eigenvalue weighted by Gasteiger charge is -2.06. The lowest BCUT2D eigenvalue weighted by Crippen LogP contribution is -2.24. The maximum absolute atomic E-state index is 11.5. The van der Waals surface area contributed by atoms with Crippen LogP contribution in [0.5, 0.6) is 0 Å². The molecule has 114 valence electrons. The van der Waals surface area contributed by atoms with E-state index in [4.69, 9.17) is 0 Å². The van der Waals surface area contributed by atoms with Gasteiger partial charge in [-0.15, -0.1) is 0 Å². The number of nitrogens with one attached hydrogen (secondary N) is 2. The maximum Gasteiger partial charge on any atom is 0.283 e. The highest BCUT2D eigenvalue weighted by Crippen LogP contribution is 2.34. The first-order chi connectivity index (χ1) is 10.6. The average molecular weight is 317 g/mol. The van der Waals surface area contributed by atoms with E-state index in [0.717, 1.165) is 4.90 Å². The molecule has 22 heavy (non-hydrogen) atoms. The van der Waals surface area contributed by atoms with Gasteiger partial charge in [0.15, 0.2) is 0 Å². The van der Waals surface area contributed by atoms with Crippen molar-refractivity contribution in [3.8, 4) is 0 Å². The van der Waals surface area contributed by atoms with Crippen molar-refractivity contribution in [2.75, 3.05) is 18.9 Å². The zero-order chi connectivity index (χ0) is 15.9. The predicted molar refractivity (Wildman–Crippen MR) is 86.2 cm³/mol. The fraction of sp³-hybridized carbons (Fsp3) is 0.133. The number of benzene rings is 2. The number of carbonyl (C=O) groups excluding carboxylic acids is 1. The number of rotatable bonds is 6. The van der Waals surface area contributed by atoms with E-state index in [2.05, 4.69) is 10.6 Å². The van der Waals surface area contributed by atoms with Crippen LogP contribution in [0.4, 0.5) is 11.4 Å². The molecule has 0 saturated heterocycles. The van der Waals surface area contributed by atoms with E-state index < -0.39 is 4.92 Å². The highest BCUT2D eigenvalue weighted by atomic mass is 32.2. The normalized spacial score (nSPS) is 10.2. The van der Waals surface area contributed by atoms with Crippen molar-refractivity contribution in [2.24, 2.45) is 0 Å². The van der Waals surface area contributed by atoms with Crippen LogP contribution in [0.15, 0.2) is 58.3 Å². The van der Waals surface area contributed by atoms with Crippen LogP contribution in [0.3, 0.4) is 0 Å². The van der Waals surface area contributed by atoms with Crippen LogP contribution in [-0.4, -0.2) is 24.4 Å². The summed E-state index contributed by atoms with van der Waals surface area (Å²) >= 11 is 1.31. The van der Waals surface area contributed by atoms with Gasteiger partial charge in [-0.05, 0) is 37.4 Å². The number of anilines is 1. The molecule has 2 aromatic rings. The van der Waals surface area contributed by atoms with Crippen molar-refractivity contribution < 1.29 is 9.72 Å². The standard InChI is InChI=1S/C15H15N3O3S/c1-16-10-15(19)17-11-6-8-12(9-7-11)22-14-5-3-2-4-13(14)18(20)21/h2-9,16H,10H2,1H3,(H,17,19). The quantitative estimate of drug-likeness (QED) is 0.632. The smallest absolute Gasteiger partial charge is 0.283 e. The third kappa shape index (κ3) is 4.31. The third-order valence-electron chi connectivity index (χ3n) is 2.77. The van der Waals surface area contributed by atoms with Crippen molar-refractivity contribution in [2.45, 2.75) is 9.79 Å². The molecule has 1 amide bonds. The number of hydrogen-bond donors (Lipinski definition) is 2. The van der Waals surface area contributed by atoms with Crippen LogP contribution in [0.2, 0.25) is 0 Å². The first-order valence-corrected chi connectivity index (χ1v) is 7.37. The van der Waals surface area contributed by atoms with E-state index in [1.807, 2.05) is 12.1 Å². The largest absolute Gasteiger partial charge is 0.325 e. The van der Waals surface area contributed by atoms with Gasteiger partial charge in [-0.25, -0.2) is 0 Å². The predicted octanol–water partition coefficient (Wildman–Crippen LogP) is 2.90. The summed E-state index contributed by atoms with van der Waals surface area (Å²) in [4.78, 5) is 23.5. The molecule has 0 atom stereocenters. The molecule has 0 aromatic heterocycles. The summed E-state index contributed by atoms with van der Waals surface area (Å²) in [6.45, 7) is 0.243. The summed E-state index contributed by atoms with van der Waals surface area (Å²) in [5.74, 6) is -0.124. The van der Waals surface area contributed by atoms with Gasteiger partial charge < -0.3 is 10.6 Å². The molecule has 0 unspecified atom stereocenters. The molecule has 0 bridgehead atoms. The number of para-hydroxylation sites is 1. The Kier molecular flexibility index (Phi) is 5.51. The number of hydrogen-bond acceptors (Lipinski definition) is 5. The Hall–Kier alpha value is -2.38. The van der Waals surface area contributed by atoms with Crippen LogP contribution >= 0.6 is 11.8 Å². The van der Waals surface area contributed by atoms with Gasteiger partial charge >= 0.3 is 0 Å². The average Bonchev–Trinajstić information content (AvgIpc) is 2.50. The molecule has 0 heterocycles. The van der Waals surface area contributed by atoms with E-state index in [9.17, 15) is 14.9 Å². The van der Waals surface area contributed by atoms with Gasteiger partial charge in [0.25, 0.3) is 5.69 Å². The van der Waals surface area contributed by atoms with Gasteiger partial charge in [-0.1, -0.05) is 23.9 Å². The minimum atomic E-state index is -0.394. The summed E-state index contributed by atoms with van der Waals surface area (Å²) in [6, 6.07) is 13.8. The van der Waals surface area contributed by atoms with E-state index in [1.54, 1.807) is 37.4 Å². The number of carbonyl (C=O) groups is 1. The zero-order valence-electron chi connectivity index (χ0n) is 11.9. The summed E-state index contributed by atoms with van der Waals surface area (Å²) in [5.41, 5.74) is 0.770. The van der Waals surface area contributed by atoms with Crippen LogP contribution in [0.25, 0.3) is 0 Å². The Labute approximate surface area is 132 Å². The second kappa shape index (κ2) is 7.58. The maximum atomic E-state index is 11.5. The van der Waals surface area contributed by atoms with E-state index in [-0.39, 0.29) is 18.1 Å². The van der Waals surface area contributed by atoms with Crippen molar-refractivity contribution in [3.63, 3.8) is 0 Å². The zero-order valence-corrected chi connectivity index (χ0v) is 12.7. The molecule has 2 rings (SSSR count). The van der Waals surface area contributed by atoms with Gasteiger partial charge in [0, 0.05) is 16.6 Å². The Morgan fingerprint density at radius 1 is 1.18 bits per heavy atom. The van der Waals surface area contributed by atoms with E-state index >= 15 is 0 Å². The SMILES string of the molecule is CNCC(=O)Nc1ccc(Sc2ccccc2[N+](=O)[O-])cc1. The molecule has 0 fully saturated rings. The van der Waals surface area contributed by atoms with Crippen molar-refractivity contribution >= 4 is 29.0 Å². The van der Waals surface area contributed by atoms with Crippen LogP contribution < -0.4 is 10.6 Å². The molecule has 7 heteroatoms. The first-order valence-electron chi connectivity index (χ1n) is 6.56. The van der Waals surface area contributed by atoms with Crippen molar-refractivity contribution in [3.05, 3.63) is 58.6 Å². The van der Waals surface area contributed by atoms with Gasteiger partial charge in [-0.3, -0.25) is 14.9 Å². The highest BCUT2D eigenvalue weighted by Gasteiger charge is 2.13. The Morgan fingerprint density at radius 2 is 1.86 bits per heavy atom. The fourth-order valence-electron chi connectivity index (χ4n) is 1.79. The number of likely N-dealkylation sites (N-methyl/N-ethyl adjacent to an activating group) is 1. The van der Waals surface area contributed by atoms with Crippen molar-refractivity contribution in [1.82, 2.24) is 5.32 Å². The summed E-state index contributed by atoms with van der Waals surface area (Å²) in [5, 5.41) is 16.5. The molecule has 0 saturated carbocycles. The molecule has 0 radical (unpaired) electrons. The Morgan fingerprint density at radius 3 is 2.50 bits per heavy atom. The van der Waals surface area contributed by atoms with Crippen LogP contribution in [0.1, 0.15) is 0 Å².